The van der Waals surface area contributed by atoms with E-state index < -0.39 is 16.7 Å². The summed E-state index contributed by atoms with van der Waals surface area (Å²) in [5.74, 6) is -0.734. The molecule has 1 aliphatic rings. The highest BCUT2D eigenvalue weighted by Crippen LogP contribution is 2.33. The van der Waals surface area contributed by atoms with E-state index in [1.807, 2.05) is 0 Å². The van der Waals surface area contributed by atoms with Crippen molar-refractivity contribution in [2.45, 2.75) is 0 Å². The number of nitro benzene ring substituents is 1. The lowest BCUT2D eigenvalue weighted by molar-refractivity contribution is -0.385. The number of hydrogen-bond donors (Lipinski definition) is 0. The van der Waals surface area contributed by atoms with Crippen molar-refractivity contribution in [2.24, 2.45) is 4.99 Å². The van der Waals surface area contributed by atoms with Crippen molar-refractivity contribution in [3.63, 3.8) is 0 Å². The second kappa shape index (κ2) is 8.49. The fourth-order valence-electron chi connectivity index (χ4n) is 2.77. The first-order valence-corrected chi connectivity index (χ1v) is 9.69. The predicted octanol–water partition coefficient (Wildman–Crippen LogP) is 5.63. The third-order valence-electron chi connectivity index (χ3n) is 4.24. The van der Waals surface area contributed by atoms with Gasteiger partial charge in [0.2, 0.25) is 11.6 Å². The van der Waals surface area contributed by atoms with Gasteiger partial charge in [-0.3, -0.25) is 10.1 Å². The lowest BCUT2D eigenvalue weighted by Gasteiger charge is -2.07. The van der Waals surface area contributed by atoms with Crippen LogP contribution in [0.3, 0.4) is 0 Å². The van der Waals surface area contributed by atoms with Crippen molar-refractivity contribution in [1.29, 1.82) is 0 Å². The Morgan fingerprint density at radius 1 is 1.06 bits per heavy atom. The SMILES string of the molecule is O=C1OC(c2ccc(Br)cc2)=N/C1=C\c1ccc(Oc2ccc(F)cc2)c([N+](=O)[O-])c1. The van der Waals surface area contributed by atoms with Gasteiger partial charge >= 0.3 is 11.7 Å². The van der Waals surface area contributed by atoms with Gasteiger partial charge in [-0.05, 0) is 66.2 Å². The molecule has 31 heavy (non-hydrogen) atoms. The zero-order chi connectivity index (χ0) is 22.0. The summed E-state index contributed by atoms with van der Waals surface area (Å²) in [4.78, 5) is 27.3. The van der Waals surface area contributed by atoms with Gasteiger partial charge in [0.15, 0.2) is 5.70 Å². The molecule has 0 atom stereocenters. The molecule has 9 heteroatoms. The smallest absolute Gasteiger partial charge is 0.363 e. The van der Waals surface area contributed by atoms with Crippen molar-refractivity contribution < 1.29 is 23.6 Å². The van der Waals surface area contributed by atoms with Crippen molar-refractivity contribution in [1.82, 2.24) is 0 Å². The van der Waals surface area contributed by atoms with E-state index >= 15 is 0 Å². The predicted molar refractivity (Wildman–Crippen MR) is 114 cm³/mol. The van der Waals surface area contributed by atoms with Gasteiger partial charge in [-0.25, -0.2) is 14.2 Å². The maximum absolute atomic E-state index is 13.0. The van der Waals surface area contributed by atoms with E-state index in [2.05, 4.69) is 20.9 Å². The van der Waals surface area contributed by atoms with Crippen LogP contribution in [0.25, 0.3) is 6.08 Å². The lowest BCUT2D eigenvalue weighted by atomic mass is 10.1. The molecule has 0 unspecified atom stereocenters. The lowest BCUT2D eigenvalue weighted by Crippen LogP contribution is -2.05. The molecule has 0 amide bonds. The summed E-state index contributed by atoms with van der Waals surface area (Å²) in [5, 5.41) is 11.5. The summed E-state index contributed by atoms with van der Waals surface area (Å²) in [7, 11) is 0. The van der Waals surface area contributed by atoms with Crippen molar-refractivity contribution >= 4 is 39.6 Å². The maximum atomic E-state index is 13.0. The van der Waals surface area contributed by atoms with Crippen LogP contribution in [0.2, 0.25) is 0 Å². The number of cyclic esters (lactones) is 1. The molecule has 0 aliphatic carbocycles. The normalized spacial score (nSPS) is 14.3. The molecule has 0 N–H and O–H groups in total. The Balaban J connectivity index is 1.63. The molecule has 0 fully saturated rings. The van der Waals surface area contributed by atoms with Gasteiger partial charge in [0.25, 0.3) is 0 Å². The molecular weight excluding hydrogens is 471 g/mol. The van der Waals surface area contributed by atoms with Crippen LogP contribution < -0.4 is 4.74 Å². The minimum atomic E-state index is -0.660. The highest BCUT2D eigenvalue weighted by Gasteiger charge is 2.25. The van der Waals surface area contributed by atoms with Gasteiger partial charge < -0.3 is 9.47 Å². The van der Waals surface area contributed by atoms with Gasteiger partial charge in [0.1, 0.15) is 11.6 Å². The molecule has 4 rings (SSSR count). The van der Waals surface area contributed by atoms with Crippen LogP contribution >= 0.6 is 15.9 Å². The van der Waals surface area contributed by atoms with E-state index in [1.54, 1.807) is 30.3 Å². The van der Waals surface area contributed by atoms with Crippen molar-refractivity contribution in [2.75, 3.05) is 0 Å². The molecule has 1 aliphatic heterocycles. The largest absolute Gasteiger partial charge is 0.450 e. The molecule has 1 heterocycles. The zero-order valence-corrected chi connectivity index (χ0v) is 17.2. The summed E-state index contributed by atoms with van der Waals surface area (Å²) in [6.07, 6.45) is 1.39. The number of nitrogens with zero attached hydrogens (tertiary/aromatic N) is 2. The number of aliphatic imine (C=N–C) groups is 1. The van der Waals surface area contributed by atoms with Crippen LogP contribution in [0.15, 0.2) is 81.9 Å². The first kappa shape index (κ1) is 20.4. The Morgan fingerprint density at radius 2 is 1.77 bits per heavy atom. The molecular formula is C22H12BrFN2O5. The van der Waals surface area contributed by atoms with Gasteiger partial charge in [0.05, 0.1) is 4.92 Å². The number of rotatable bonds is 5. The average Bonchev–Trinajstić information content (AvgIpc) is 3.11. The standard InChI is InChI=1S/C22H12BrFN2O5/c23-15-4-2-14(3-5-15)21-25-18(22(27)31-21)11-13-1-10-20(19(12-13)26(28)29)30-17-8-6-16(24)7-9-17/h1-12H/b18-11-. The summed E-state index contributed by atoms with van der Waals surface area (Å²) >= 11 is 3.33. The quantitative estimate of drug-likeness (QED) is 0.203. The molecule has 0 aromatic heterocycles. The van der Waals surface area contributed by atoms with Gasteiger partial charge in [-0.2, -0.15) is 0 Å². The van der Waals surface area contributed by atoms with E-state index in [0.29, 0.717) is 11.1 Å². The number of benzene rings is 3. The highest BCUT2D eigenvalue weighted by atomic mass is 79.9. The third-order valence-corrected chi connectivity index (χ3v) is 4.76. The van der Waals surface area contributed by atoms with Crippen LogP contribution in [0.1, 0.15) is 11.1 Å². The van der Waals surface area contributed by atoms with Gasteiger partial charge in [0, 0.05) is 16.1 Å². The molecule has 3 aromatic carbocycles. The first-order chi connectivity index (χ1) is 14.9. The average molecular weight is 483 g/mol. The van der Waals surface area contributed by atoms with E-state index in [0.717, 1.165) is 4.47 Å². The number of hydrogen-bond acceptors (Lipinski definition) is 6. The molecule has 0 bridgehead atoms. The Labute approximate surface area is 183 Å². The molecule has 0 spiro atoms. The highest BCUT2D eigenvalue weighted by molar-refractivity contribution is 9.10. The van der Waals surface area contributed by atoms with Crippen molar-refractivity contribution in [3.05, 3.63) is 104 Å². The summed E-state index contributed by atoms with van der Waals surface area (Å²) in [6, 6.07) is 16.4. The molecule has 0 saturated carbocycles. The summed E-state index contributed by atoms with van der Waals surface area (Å²) in [5.41, 5.74) is 0.682. The number of halogens is 2. The number of nitro groups is 1. The third kappa shape index (κ3) is 4.67. The number of carbonyl (C=O) groups is 1. The van der Waals surface area contributed by atoms with Crippen LogP contribution in [0, 0.1) is 15.9 Å². The molecule has 3 aromatic rings. The van der Waals surface area contributed by atoms with Crippen LogP contribution in [0.4, 0.5) is 10.1 Å². The fourth-order valence-corrected chi connectivity index (χ4v) is 3.03. The van der Waals surface area contributed by atoms with Crippen LogP contribution in [0.5, 0.6) is 11.5 Å². The van der Waals surface area contributed by atoms with E-state index in [4.69, 9.17) is 9.47 Å². The first-order valence-electron chi connectivity index (χ1n) is 8.89. The summed E-state index contributed by atoms with van der Waals surface area (Å²) in [6.45, 7) is 0. The minimum absolute atomic E-state index is 0.0134. The van der Waals surface area contributed by atoms with E-state index in [9.17, 15) is 19.3 Å². The Morgan fingerprint density at radius 3 is 2.45 bits per heavy atom. The molecule has 154 valence electrons. The van der Waals surface area contributed by atoms with Crippen molar-refractivity contribution in [3.8, 4) is 11.5 Å². The number of ether oxygens (including phenoxy) is 2. The second-order valence-electron chi connectivity index (χ2n) is 6.38. The molecule has 0 saturated heterocycles. The maximum Gasteiger partial charge on any atom is 0.363 e. The molecule has 0 radical (unpaired) electrons. The van der Waals surface area contributed by atoms with Crippen LogP contribution in [-0.2, 0) is 9.53 Å². The van der Waals surface area contributed by atoms with Gasteiger partial charge in [-0.1, -0.05) is 22.0 Å². The topological polar surface area (TPSA) is 91.0 Å². The second-order valence-corrected chi connectivity index (χ2v) is 7.30. The number of esters is 1. The van der Waals surface area contributed by atoms with Crippen LogP contribution in [-0.4, -0.2) is 16.8 Å². The summed E-state index contributed by atoms with van der Waals surface area (Å²) < 4.78 is 24.6. The van der Waals surface area contributed by atoms with E-state index in [1.165, 1.54) is 42.5 Å². The Hall–Kier alpha value is -3.85. The molecule has 7 nitrogen and oxygen atoms in total. The zero-order valence-electron chi connectivity index (χ0n) is 15.6. The Bertz CT molecular complexity index is 1240. The minimum Gasteiger partial charge on any atom is -0.450 e. The fraction of sp³-hybridized carbons (Fsp3) is 0. The van der Waals surface area contributed by atoms with Gasteiger partial charge in [-0.15, -0.1) is 0 Å². The monoisotopic (exact) mass is 482 g/mol. The van der Waals surface area contributed by atoms with E-state index in [-0.39, 0.29) is 28.8 Å². The number of carbonyl (C=O) groups excluding carboxylic acids is 1. The Kier molecular flexibility index (Phi) is 5.59.